The summed E-state index contributed by atoms with van der Waals surface area (Å²) in [5.74, 6) is 0.131. The normalized spacial score (nSPS) is 19.5. The van der Waals surface area contributed by atoms with E-state index in [1.165, 1.54) is 0 Å². The number of nitrogens with two attached hydrogens (primary N) is 1. The smallest absolute Gasteiger partial charge is 0.370 e. The number of rotatable bonds is 3. The number of aliphatic imine (C=N–C) groups is 1. The third kappa shape index (κ3) is 5.49. The lowest BCUT2D eigenvalue weighted by atomic mass is 10.2. The van der Waals surface area contributed by atoms with Crippen molar-refractivity contribution >= 4 is 5.96 Å². The van der Waals surface area contributed by atoms with Crippen LogP contribution < -0.4 is 11.1 Å². The van der Waals surface area contributed by atoms with Crippen molar-refractivity contribution in [2.24, 2.45) is 10.7 Å². The van der Waals surface area contributed by atoms with Crippen LogP contribution in [0.3, 0.4) is 0 Å². The highest BCUT2D eigenvalue weighted by Gasteiger charge is 2.26. The zero-order valence-corrected chi connectivity index (χ0v) is 8.48. The Bertz CT molecular complexity index is 219. The van der Waals surface area contributed by atoms with Gasteiger partial charge < -0.3 is 11.1 Å². The summed E-state index contributed by atoms with van der Waals surface area (Å²) in [4.78, 5) is 3.64. The van der Waals surface area contributed by atoms with Crippen LogP contribution in [0.15, 0.2) is 4.99 Å². The van der Waals surface area contributed by atoms with E-state index in [0.29, 0.717) is 6.04 Å². The summed E-state index contributed by atoms with van der Waals surface area (Å²) < 4.78 is 35.3. The standard InChI is InChI=1S/C9H16F3N3/c10-9(11,12)5-6-14-8(13)15-7-3-1-2-4-7/h7H,1-6H2,(H3,13,14,15). The molecule has 15 heavy (non-hydrogen) atoms. The van der Waals surface area contributed by atoms with Crippen molar-refractivity contribution in [2.75, 3.05) is 6.54 Å². The molecule has 0 atom stereocenters. The largest absolute Gasteiger partial charge is 0.390 e. The maximum absolute atomic E-state index is 11.8. The molecule has 1 aliphatic rings. The molecule has 0 aromatic heterocycles. The Morgan fingerprint density at radius 1 is 1.33 bits per heavy atom. The van der Waals surface area contributed by atoms with Gasteiger partial charge in [0.1, 0.15) is 0 Å². The van der Waals surface area contributed by atoms with E-state index in [9.17, 15) is 13.2 Å². The second kappa shape index (κ2) is 5.23. The van der Waals surface area contributed by atoms with E-state index >= 15 is 0 Å². The first-order chi connectivity index (χ1) is 6.97. The predicted octanol–water partition coefficient (Wildman–Crippen LogP) is 1.79. The Kier molecular flexibility index (Phi) is 4.23. The minimum Gasteiger partial charge on any atom is -0.370 e. The van der Waals surface area contributed by atoms with Gasteiger partial charge in [-0.2, -0.15) is 13.2 Å². The fourth-order valence-electron chi connectivity index (χ4n) is 1.63. The summed E-state index contributed by atoms with van der Waals surface area (Å²) in [5.41, 5.74) is 5.45. The average molecular weight is 223 g/mol. The second-order valence-corrected chi connectivity index (χ2v) is 3.76. The van der Waals surface area contributed by atoms with Crippen LogP contribution in [0.2, 0.25) is 0 Å². The number of hydrogen-bond acceptors (Lipinski definition) is 1. The molecule has 1 aliphatic carbocycles. The fraction of sp³-hybridized carbons (Fsp3) is 0.889. The molecule has 0 saturated heterocycles. The first-order valence-corrected chi connectivity index (χ1v) is 5.10. The van der Waals surface area contributed by atoms with E-state index in [1.807, 2.05) is 0 Å². The van der Waals surface area contributed by atoms with E-state index in [2.05, 4.69) is 10.3 Å². The molecular weight excluding hydrogens is 207 g/mol. The van der Waals surface area contributed by atoms with Gasteiger partial charge >= 0.3 is 6.18 Å². The maximum Gasteiger partial charge on any atom is 0.390 e. The number of nitrogens with zero attached hydrogens (tertiary/aromatic N) is 1. The monoisotopic (exact) mass is 223 g/mol. The van der Waals surface area contributed by atoms with Crippen molar-refractivity contribution < 1.29 is 13.2 Å². The zero-order valence-electron chi connectivity index (χ0n) is 8.48. The molecule has 0 aliphatic heterocycles. The molecule has 3 N–H and O–H groups in total. The van der Waals surface area contributed by atoms with Crippen LogP contribution in [0.5, 0.6) is 0 Å². The molecular formula is C9H16F3N3. The lowest BCUT2D eigenvalue weighted by Crippen LogP contribution is -2.38. The van der Waals surface area contributed by atoms with Crippen LogP contribution in [0.4, 0.5) is 13.2 Å². The molecule has 0 radical (unpaired) electrons. The molecule has 0 bridgehead atoms. The van der Waals surface area contributed by atoms with E-state index in [4.69, 9.17) is 5.73 Å². The number of alkyl halides is 3. The van der Waals surface area contributed by atoms with Crippen molar-refractivity contribution in [3.63, 3.8) is 0 Å². The van der Waals surface area contributed by atoms with Gasteiger partial charge in [0.05, 0.1) is 13.0 Å². The summed E-state index contributed by atoms with van der Waals surface area (Å²) >= 11 is 0. The molecule has 1 rings (SSSR count). The highest BCUT2D eigenvalue weighted by molar-refractivity contribution is 5.78. The molecule has 88 valence electrons. The highest BCUT2D eigenvalue weighted by atomic mass is 19.4. The van der Waals surface area contributed by atoms with E-state index in [1.54, 1.807) is 0 Å². The van der Waals surface area contributed by atoms with Crippen LogP contribution >= 0.6 is 0 Å². The second-order valence-electron chi connectivity index (χ2n) is 3.76. The van der Waals surface area contributed by atoms with Gasteiger partial charge in [-0.25, -0.2) is 0 Å². The summed E-state index contributed by atoms with van der Waals surface area (Å²) in [6.07, 6.45) is -0.733. The first-order valence-electron chi connectivity index (χ1n) is 5.10. The van der Waals surface area contributed by atoms with Crippen LogP contribution in [0, 0.1) is 0 Å². The van der Waals surface area contributed by atoms with Gasteiger partial charge in [-0.05, 0) is 12.8 Å². The molecule has 0 spiro atoms. The number of hydrogen-bond donors (Lipinski definition) is 2. The van der Waals surface area contributed by atoms with Gasteiger partial charge in [-0.15, -0.1) is 0 Å². The van der Waals surface area contributed by atoms with Crippen molar-refractivity contribution in [3.8, 4) is 0 Å². The molecule has 1 saturated carbocycles. The predicted molar refractivity (Wildman–Crippen MR) is 52.6 cm³/mol. The van der Waals surface area contributed by atoms with E-state index in [-0.39, 0.29) is 12.5 Å². The SMILES string of the molecule is NC(=NCCC(F)(F)F)NC1CCCC1. The summed E-state index contributed by atoms with van der Waals surface area (Å²) in [5, 5.41) is 2.93. The Labute approximate surface area is 86.9 Å². The van der Waals surface area contributed by atoms with E-state index in [0.717, 1.165) is 25.7 Å². The van der Waals surface area contributed by atoms with Crippen molar-refractivity contribution in [1.82, 2.24) is 5.32 Å². The maximum atomic E-state index is 11.8. The van der Waals surface area contributed by atoms with Crippen molar-refractivity contribution in [3.05, 3.63) is 0 Å². The number of halogens is 3. The number of guanidine groups is 1. The van der Waals surface area contributed by atoms with Crippen LogP contribution in [-0.2, 0) is 0 Å². The zero-order chi connectivity index (χ0) is 11.3. The van der Waals surface area contributed by atoms with Crippen LogP contribution in [0.25, 0.3) is 0 Å². The van der Waals surface area contributed by atoms with E-state index < -0.39 is 12.6 Å². The molecule has 1 fully saturated rings. The van der Waals surface area contributed by atoms with Gasteiger partial charge in [-0.1, -0.05) is 12.8 Å². The minimum atomic E-state index is -4.16. The van der Waals surface area contributed by atoms with Crippen molar-refractivity contribution in [2.45, 2.75) is 44.3 Å². The van der Waals surface area contributed by atoms with Gasteiger partial charge in [0.15, 0.2) is 5.96 Å². The first kappa shape index (κ1) is 12.1. The Hall–Kier alpha value is -0.940. The third-order valence-electron chi connectivity index (χ3n) is 2.38. The van der Waals surface area contributed by atoms with Crippen LogP contribution in [-0.4, -0.2) is 24.7 Å². The van der Waals surface area contributed by atoms with Crippen molar-refractivity contribution in [1.29, 1.82) is 0 Å². The molecule has 0 amide bonds. The van der Waals surface area contributed by atoms with Gasteiger partial charge in [0.2, 0.25) is 0 Å². The highest BCUT2D eigenvalue weighted by Crippen LogP contribution is 2.19. The summed E-state index contributed by atoms with van der Waals surface area (Å²) in [6.45, 7) is -0.297. The number of nitrogens with one attached hydrogen (secondary N) is 1. The molecule has 0 heterocycles. The Morgan fingerprint density at radius 3 is 2.47 bits per heavy atom. The minimum absolute atomic E-state index is 0.131. The third-order valence-corrected chi connectivity index (χ3v) is 2.38. The topological polar surface area (TPSA) is 50.4 Å². The van der Waals surface area contributed by atoms with Crippen LogP contribution in [0.1, 0.15) is 32.1 Å². The quantitative estimate of drug-likeness (QED) is 0.566. The summed E-state index contributed by atoms with van der Waals surface area (Å²) in [7, 11) is 0. The lowest BCUT2D eigenvalue weighted by molar-refractivity contribution is -0.132. The molecule has 0 aromatic carbocycles. The molecule has 3 nitrogen and oxygen atoms in total. The van der Waals surface area contributed by atoms with Gasteiger partial charge in [0.25, 0.3) is 0 Å². The molecule has 0 unspecified atom stereocenters. The average Bonchev–Trinajstić information content (AvgIpc) is 2.54. The van der Waals surface area contributed by atoms with Gasteiger partial charge in [-0.3, -0.25) is 4.99 Å². The fourth-order valence-corrected chi connectivity index (χ4v) is 1.63. The Balaban J connectivity index is 2.20. The van der Waals surface area contributed by atoms with Gasteiger partial charge in [0, 0.05) is 6.04 Å². The lowest BCUT2D eigenvalue weighted by Gasteiger charge is -2.12. The summed E-state index contributed by atoms with van der Waals surface area (Å²) in [6, 6.07) is 0.291. The molecule has 0 aromatic rings. The Morgan fingerprint density at radius 2 is 1.93 bits per heavy atom. The molecule has 6 heteroatoms.